The lowest BCUT2D eigenvalue weighted by Gasteiger charge is -2.12. The fourth-order valence-corrected chi connectivity index (χ4v) is 4.63. The summed E-state index contributed by atoms with van der Waals surface area (Å²) in [6, 6.07) is 10.0. The van der Waals surface area contributed by atoms with Gasteiger partial charge in [0, 0.05) is 24.2 Å². The van der Waals surface area contributed by atoms with Crippen LogP contribution in [0.1, 0.15) is 36.8 Å². The van der Waals surface area contributed by atoms with E-state index in [2.05, 4.69) is 20.7 Å². The van der Waals surface area contributed by atoms with Gasteiger partial charge in [-0.3, -0.25) is 9.89 Å². The van der Waals surface area contributed by atoms with Gasteiger partial charge >= 0.3 is 6.03 Å². The van der Waals surface area contributed by atoms with Crippen molar-refractivity contribution in [3.8, 4) is 17.1 Å². The Hall–Kier alpha value is -3.07. The van der Waals surface area contributed by atoms with Crippen LogP contribution in [0.4, 0.5) is 10.5 Å². The summed E-state index contributed by atoms with van der Waals surface area (Å²) in [6.07, 6.45) is 0.277. The van der Waals surface area contributed by atoms with Gasteiger partial charge in [0.15, 0.2) is 5.82 Å². The number of fused-ring (bicyclic) bond motifs is 1. The van der Waals surface area contributed by atoms with Crippen molar-refractivity contribution in [3.05, 3.63) is 78.9 Å². The van der Waals surface area contributed by atoms with Gasteiger partial charge < -0.3 is 10.6 Å². The predicted molar refractivity (Wildman–Crippen MR) is 135 cm³/mol. The van der Waals surface area contributed by atoms with Gasteiger partial charge in [-0.1, -0.05) is 60.8 Å². The molecule has 0 atom stereocenters. The van der Waals surface area contributed by atoms with Crippen LogP contribution in [0.2, 0.25) is 15.1 Å². The lowest BCUT2D eigenvalue weighted by Crippen LogP contribution is -2.24. The first-order chi connectivity index (χ1) is 16.2. The average molecular weight is 520 g/mol. The van der Waals surface area contributed by atoms with E-state index in [1.807, 2.05) is 19.9 Å². The third-order valence-corrected chi connectivity index (χ3v) is 5.97. The summed E-state index contributed by atoms with van der Waals surface area (Å²) >= 11 is 19.0. The molecule has 34 heavy (non-hydrogen) atoms. The topological polar surface area (TPSA) is 105 Å². The summed E-state index contributed by atoms with van der Waals surface area (Å²) in [5.41, 5.74) is 2.51. The van der Waals surface area contributed by atoms with E-state index in [9.17, 15) is 9.59 Å². The molecule has 8 nitrogen and oxygen atoms in total. The summed E-state index contributed by atoms with van der Waals surface area (Å²) in [5.74, 6) is 0.673. The van der Waals surface area contributed by atoms with Crippen molar-refractivity contribution >= 4 is 46.5 Å². The van der Waals surface area contributed by atoms with Gasteiger partial charge in [0.2, 0.25) is 0 Å². The molecule has 4 rings (SSSR count). The van der Waals surface area contributed by atoms with Crippen LogP contribution in [0.5, 0.6) is 0 Å². The molecule has 2 heterocycles. The Morgan fingerprint density at radius 2 is 1.82 bits per heavy atom. The third-order valence-electron chi connectivity index (χ3n) is 5.17. The lowest BCUT2D eigenvalue weighted by atomic mass is 10.1. The van der Waals surface area contributed by atoms with Gasteiger partial charge in [-0.25, -0.2) is 14.5 Å². The Labute approximate surface area is 210 Å². The summed E-state index contributed by atoms with van der Waals surface area (Å²) in [7, 11) is 1.54. The number of carbonyl (C=O) groups is 1. The van der Waals surface area contributed by atoms with Crippen LogP contribution in [0.25, 0.3) is 17.1 Å². The molecule has 2 aromatic carbocycles. The van der Waals surface area contributed by atoms with E-state index in [1.165, 1.54) is 7.05 Å². The van der Waals surface area contributed by atoms with Gasteiger partial charge in [0.25, 0.3) is 5.56 Å². The Morgan fingerprint density at radius 1 is 1.12 bits per heavy atom. The Bertz CT molecular complexity index is 1390. The van der Waals surface area contributed by atoms with Crippen LogP contribution in [0.15, 0.2) is 41.2 Å². The molecule has 0 saturated carbocycles. The Kier molecular flexibility index (Phi) is 6.84. The second-order valence-electron chi connectivity index (χ2n) is 7.96. The molecular weight excluding hydrogens is 499 g/mol. The number of urea groups is 1. The Balaban J connectivity index is 1.83. The molecule has 0 radical (unpaired) electrons. The van der Waals surface area contributed by atoms with E-state index in [-0.39, 0.29) is 18.4 Å². The second-order valence-corrected chi connectivity index (χ2v) is 9.21. The van der Waals surface area contributed by atoms with Gasteiger partial charge in [0.1, 0.15) is 17.1 Å². The number of benzene rings is 2. The van der Waals surface area contributed by atoms with E-state index in [1.54, 1.807) is 35.0 Å². The molecule has 0 spiro atoms. The first-order valence-corrected chi connectivity index (χ1v) is 11.6. The minimum atomic E-state index is -0.403. The fraction of sp³-hybridized carbons (Fsp3) is 0.217. The summed E-state index contributed by atoms with van der Waals surface area (Å²) in [6.45, 7) is 3.91. The molecule has 0 bridgehead atoms. The number of anilines is 1. The van der Waals surface area contributed by atoms with E-state index >= 15 is 0 Å². The molecule has 2 amide bonds. The van der Waals surface area contributed by atoms with Gasteiger partial charge in [-0.15, -0.1) is 0 Å². The van der Waals surface area contributed by atoms with Crippen LogP contribution >= 0.6 is 34.8 Å². The van der Waals surface area contributed by atoms with Crippen molar-refractivity contribution in [2.75, 3.05) is 12.4 Å². The molecule has 0 aliphatic carbocycles. The molecule has 2 aromatic rings. The van der Waals surface area contributed by atoms with E-state index in [0.29, 0.717) is 49.3 Å². The average Bonchev–Trinajstić information content (AvgIpc) is 3.13. The highest BCUT2D eigenvalue weighted by atomic mass is 35.5. The molecule has 0 unspecified atom stereocenters. The molecule has 2 aliphatic heterocycles. The quantitative estimate of drug-likeness (QED) is 0.324. The van der Waals surface area contributed by atoms with Crippen molar-refractivity contribution < 1.29 is 4.79 Å². The third kappa shape index (κ3) is 4.75. The summed E-state index contributed by atoms with van der Waals surface area (Å²) in [4.78, 5) is 33.6. The monoisotopic (exact) mass is 518 g/mol. The highest BCUT2D eigenvalue weighted by Crippen LogP contribution is 2.36. The molecule has 2 aliphatic rings. The highest BCUT2D eigenvalue weighted by molar-refractivity contribution is 6.40. The van der Waals surface area contributed by atoms with Crippen LogP contribution in [0, 0.1) is 0 Å². The number of nitrogens with one attached hydrogen (secondary N) is 3. The number of hydrogen-bond acceptors (Lipinski definition) is 4. The largest absolute Gasteiger partial charge is 0.341 e. The van der Waals surface area contributed by atoms with Gasteiger partial charge in [0.05, 0.1) is 15.7 Å². The maximum Gasteiger partial charge on any atom is 0.318 e. The number of halogens is 3. The van der Waals surface area contributed by atoms with E-state index < -0.39 is 5.56 Å². The van der Waals surface area contributed by atoms with Gasteiger partial charge in [-0.05, 0) is 35.7 Å². The minimum Gasteiger partial charge on any atom is -0.341 e. The smallest absolute Gasteiger partial charge is 0.318 e. The van der Waals surface area contributed by atoms with Crippen molar-refractivity contribution in [1.82, 2.24) is 25.1 Å². The predicted octanol–water partition coefficient (Wildman–Crippen LogP) is 5.49. The number of amides is 2. The Morgan fingerprint density at radius 3 is 2.47 bits per heavy atom. The number of H-pyrrole nitrogens is 1. The van der Waals surface area contributed by atoms with Crippen LogP contribution in [-0.2, 0) is 6.42 Å². The lowest BCUT2D eigenvalue weighted by molar-refractivity contribution is 0.254. The first-order valence-electron chi connectivity index (χ1n) is 10.4. The molecule has 176 valence electrons. The molecule has 0 saturated heterocycles. The van der Waals surface area contributed by atoms with Crippen LogP contribution in [-0.4, -0.2) is 32.8 Å². The van der Waals surface area contributed by atoms with Crippen molar-refractivity contribution in [2.45, 2.75) is 26.2 Å². The zero-order chi connectivity index (χ0) is 24.6. The number of carbonyl (C=O) groups excluding carboxylic acids is 1. The molecule has 0 aromatic heterocycles. The van der Waals surface area contributed by atoms with Crippen molar-refractivity contribution in [3.63, 3.8) is 0 Å². The van der Waals surface area contributed by atoms with Crippen molar-refractivity contribution in [1.29, 1.82) is 0 Å². The molecule has 0 fully saturated rings. The number of hydrogen-bond donors (Lipinski definition) is 3. The maximum atomic E-state index is 13.1. The minimum absolute atomic E-state index is 0.0109. The number of nitrogens with zero attached hydrogens (tertiary/aromatic N) is 3. The van der Waals surface area contributed by atoms with Crippen LogP contribution < -0.4 is 16.2 Å². The molecular formula is C23H21Cl3N6O2. The van der Waals surface area contributed by atoms with E-state index in [4.69, 9.17) is 39.8 Å². The normalized spacial score (nSPS) is 11.3. The maximum absolute atomic E-state index is 13.1. The fourth-order valence-electron chi connectivity index (χ4n) is 3.64. The van der Waals surface area contributed by atoms with Crippen molar-refractivity contribution in [2.24, 2.45) is 0 Å². The molecule has 11 heteroatoms. The van der Waals surface area contributed by atoms with E-state index in [0.717, 1.165) is 5.56 Å². The molecule has 3 N–H and O–H groups in total. The standard InChI is InChI=1S/C23H21Cl3N6O2/c1-11(2)19-18-21(32(31-19)20-15(25)9-13(24)10-16(20)26)29-17(30-22(18)33)8-12-5-4-6-14(7-12)28-23(34)27-3/h4-7,9-11,31H,8H2,1-3H3,(H2,27,28,34). The highest BCUT2D eigenvalue weighted by Gasteiger charge is 2.27. The van der Waals surface area contributed by atoms with Gasteiger partial charge in [-0.2, -0.15) is 4.98 Å². The zero-order valence-electron chi connectivity index (χ0n) is 18.5. The number of aromatic nitrogens is 4. The SMILES string of the molecule is CNC(=O)Nc1cccc(Cc2nc3n(-c4c(Cl)cc(Cl)cc4Cl)[nH]c(C(C)C)c-3c(=O)n2)c1. The number of rotatable bonds is 5. The summed E-state index contributed by atoms with van der Waals surface area (Å²) < 4.78 is 1.60. The zero-order valence-corrected chi connectivity index (χ0v) is 20.8. The number of aromatic amines is 1. The second kappa shape index (κ2) is 9.66. The van der Waals surface area contributed by atoms with Crippen LogP contribution in [0.3, 0.4) is 0 Å². The first kappa shape index (κ1) is 24.1. The summed E-state index contributed by atoms with van der Waals surface area (Å²) in [5, 5.41) is 9.45.